The molecular formula is C15H20N2O. The fraction of sp³-hybridized carbons (Fsp3) is 0.400. The predicted molar refractivity (Wildman–Crippen MR) is 74.4 cm³/mol. The van der Waals surface area contributed by atoms with Gasteiger partial charge >= 0.3 is 0 Å². The zero-order chi connectivity index (χ0) is 13.0. The van der Waals surface area contributed by atoms with Crippen molar-refractivity contribution in [3.8, 4) is 0 Å². The van der Waals surface area contributed by atoms with E-state index in [1.54, 1.807) is 0 Å². The van der Waals surface area contributed by atoms with E-state index in [-0.39, 0.29) is 12.1 Å². The van der Waals surface area contributed by atoms with Crippen molar-refractivity contribution in [1.82, 2.24) is 10.3 Å². The molecule has 1 heterocycles. The molecule has 0 aliphatic heterocycles. The summed E-state index contributed by atoms with van der Waals surface area (Å²) in [7, 11) is 0. The molecule has 3 heteroatoms. The van der Waals surface area contributed by atoms with Crippen molar-refractivity contribution in [1.29, 1.82) is 0 Å². The van der Waals surface area contributed by atoms with Gasteiger partial charge in [0.05, 0.1) is 11.2 Å². The molecule has 0 aliphatic carbocycles. The Morgan fingerprint density at radius 3 is 2.72 bits per heavy atom. The number of pyridine rings is 1. The number of fused-ring (bicyclic) bond motifs is 1. The van der Waals surface area contributed by atoms with Crippen LogP contribution in [-0.4, -0.2) is 22.2 Å². The van der Waals surface area contributed by atoms with Gasteiger partial charge in [0, 0.05) is 24.1 Å². The largest absolute Gasteiger partial charge is 0.396 e. The average molecular weight is 244 g/mol. The fourth-order valence-corrected chi connectivity index (χ4v) is 1.90. The van der Waals surface area contributed by atoms with Crippen LogP contribution in [-0.2, 0) is 6.54 Å². The van der Waals surface area contributed by atoms with Gasteiger partial charge in [0.15, 0.2) is 0 Å². The summed E-state index contributed by atoms with van der Waals surface area (Å²) >= 11 is 0. The highest BCUT2D eigenvalue weighted by Crippen LogP contribution is 2.13. The van der Waals surface area contributed by atoms with Crippen LogP contribution in [0.15, 0.2) is 36.4 Å². The number of aromatic nitrogens is 1. The second-order valence-corrected chi connectivity index (χ2v) is 5.21. The highest BCUT2D eigenvalue weighted by molar-refractivity contribution is 5.78. The maximum Gasteiger partial charge on any atom is 0.0705 e. The van der Waals surface area contributed by atoms with Crippen LogP contribution in [0, 0.1) is 0 Å². The Labute approximate surface area is 108 Å². The summed E-state index contributed by atoms with van der Waals surface area (Å²) in [5.41, 5.74) is 1.98. The van der Waals surface area contributed by atoms with Crippen LogP contribution in [0.25, 0.3) is 10.9 Å². The van der Waals surface area contributed by atoms with Crippen molar-refractivity contribution >= 4 is 10.9 Å². The number of hydrogen-bond donors (Lipinski definition) is 2. The number of para-hydroxylation sites is 1. The van der Waals surface area contributed by atoms with Gasteiger partial charge in [-0.2, -0.15) is 0 Å². The minimum atomic E-state index is -0.0674. The van der Waals surface area contributed by atoms with E-state index in [9.17, 15) is 0 Å². The zero-order valence-corrected chi connectivity index (χ0v) is 11.0. The summed E-state index contributed by atoms with van der Waals surface area (Å²) in [5, 5.41) is 13.6. The summed E-state index contributed by atoms with van der Waals surface area (Å²) in [6, 6.07) is 12.3. The normalized spacial score (nSPS) is 11.9. The number of rotatable bonds is 5. The third kappa shape index (κ3) is 3.28. The van der Waals surface area contributed by atoms with E-state index in [4.69, 9.17) is 5.11 Å². The highest BCUT2D eigenvalue weighted by atomic mass is 16.3. The van der Waals surface area contributed by atoms with Crippen molar-refractivity contribution in [3.63, 3.8) is 0 Å². The number of hydrogen-bond acceptors (Lipinski definition) is 3. The molecule has 0 radical (unpaired) electrons. The highest BCUT2D eigenvalue weighted by Gasteiger charge is 2.15. The van der Waals surface area contributed by atoms with Gasteiger partial charge in [-0.15, -0.1) is 0 Å². The number of benzene rings is 1. The maximum absolute atomic E-state index is 8.98. The molecule has 0 atom stereocenters. The number of nitrogens with zero attached hydrogens (tertiary/aromatic N) is 1. The van der Waals surface area contributed by atoms with Crippen LogP contribution in [0.4, 0.5) is 0 Å². The van der Waals surface area contributed by atoms with Crippen LogP contribution in [0.5, 0.6) is 0 Å². The SMILES string of the molecule is CC(C)(CCO)NCc1ccc2ccccc2n1. The average Bonchev–Trinajstić information content (AvgIpc) is 2.36. The standard InChI is InChI=1S/C15H20N2O/c1-15(2,9-10-18)16-11-13-8-7-12-5-3-4-6-14(12)17-13/h3-8,16,18H,9-11H2,1-2H3. The summed E-state index contributed by atoms with van der Waals surface area (Å²) in [4.78, 5) is 4.61. The van der Waals surface area contributed by atoms with E-state index in [0.29, 0.717) is 0 Å². The molecule has 0 unspecified atom stereocenters. The Hall–Kier alpha value is -1.45. The number of aliphatic hydroxyl groups is 1. The van der Waals surface area contributed by atoms with E-state index < -0.39 is 0 Å². The Morgan fingerprint density at radius 1 is 1.17 bits per heavy atom. The summed E-state index contributed by atoms with van der Waals surface area (Å²) in [5.74, 6) is 0. The van der Waals surface area contributed by atoms with E-state index >= 15 is 0 Å². The van der Waals surface area contributed by atoms with E-state index in [2.05, 4.69) is 36.3 Å². The molecule has 1 aromatic carbocycles. The van der Waals surface area contributed by atoms with Crippen LogP contribution in [0.2, 0.25) is 0 Å². The smallest absolute Gasteiger partial charge is 0.0705 e. The molecule has 0 aliphatic rings. The van der Waals surface area contributed by atoms with Gasteiger partial charge in [-0.1, -0.05) is 24.3 Å². The fourth-order valence-electron chi connectivity index (χ4n) is 1.90. The third-order valence-corrected chi connectivity index (χ3v) is 3.14. The van der Waals surface area contributed by atoms with E-state index in [1.807, 2.05) is 24.3 Å². The first-order chi connectivity index (χ1) is 8.61. The molecule has 18 heavy (non-hydrogen) atoms. The monoisotopic (exact) mass is 244 g/mol. The number of nitrogens with one attached hydrogen (secondary N) is 1. The molecule has 0 saturated heterocycles. The lowest BCUT2D eigenvalue weighted by atomic mass is 10.0. The van der Waals surface area contributed by atoms with Crippen molar-refractivity contribution in [3.05, 3.63) is 42.1 Å². The molecular weight excluding hydrogens is 224 g/mol. The van der Waals surface area contributed by atoms with Gasteiger partial charge in [-0.3, -0.25) is 4.98 Å². The summed E-state index contributed by atoms with van der Waals surface area (Å²) in [6.45, 7) is 5.09. The Morgan fingerprint density at radius 2 is 1.94 bits per heavy atom. The van der Waals surface area contributed by atoms with Crippen molar-refractivity contribution in [2.75, 3.05) is 6.61 Å². The lowest BCUT2D eigenvalue weighted by Gasteiger charge is -2.25. The maximum atomic E-state index is 8.98. The molecule has 0 fully saturated rings. The van der Waals surface area contributed by atoms with Crippen molar-refractivity contribution in [2.24, 2.45) is 0 Å². The predicted octanol–water partition coefficient (Wildman–Crippen LogP) is 2.49. The van der Waals surface area contributed by atoms with Gasteiger partial charge in [0.1, 0.15) is 0 Å². The number of aliphatic hydroxyl groups excluding tert-OH is 1. The lowest BCUT2D eigenvalue weighted by Crippen LogP contribution is -2.39. The molecule has 2 N–H and O–H groups in total. The second kappa shape index (κ2) is 5.46. The van der Waals surface area contributed by atoms with Crippen molar-refractivity contribution in [2.45, 2.75) is 32.4 Å². The quantitative estimate of drug-likeness (QED) is 0.849. The van der Waals surface area contributed by atoms with Crippen LogP contribution < -0.4 is 5.32 Å². The second-order valence-electron chi connectivity index (χ2n) is 5.21. The van der Waals surface area contributed by atoms with Crippen LogP contribution in [0.1, 0.15) is 26.0 Å². The molecule has 0 amide bonds. The Balaban J connectivity index is 2.08. The molecule has 2 aromatic rings. The third-order valence-electron chi connectivity index (χ3n) is 3.14. The first-order valence-corrected chi connectivity index (χ1v) is 6.31. The minimum absolute atomic E-state index is 0.0674. The topological polar surface area (TPSA) is 45.1 Å². The molecule has 96 valence electrons. The summed E-state index contributed by atoms with van der Waals surface area (Å²) < 4.78 is 0. The van der Waals surface area contributed by atoms with E-state index in [0.717, 1.165) is 29.6 Å². The molecule has 3 nitrogen and oxygen atoms in total. The first-order valence-electron chi connectivity index (χ1n) is 6.31. The molecule has 1 aromatic heterocycles. The van der Waals surface area contributed by atoms with Gasteiger partial charge < -0.3 is 10.4 Å². The van der Waals surface area contributed by atoms with Gasteiger partial charge in [-0.05, 0) is 32.4 Å². The van der Waals surface area contributed by atoms with Gasteiger partial charge in [0.25, 0.3) is 0 Å². The summed E-state index contributed by atoms with van der Waals surface area (Å²) in [6.07, 6.45) is 0.737. The molecule has 0 saturated carbocycles. The first kappa shape index (κ1) is 13.0. The molecule has 2 rings (SSSR count). The lowest BCUT2D eigenvalue weighted by molar-refractivity contribution is 0.229. The van der Waals surface area contributed by atoms with E-state index in [1.165, 1.54) is 0 Å². The van der Waals surface area contributed by atoms with Crippen LogP contribution in [0.3, 0.4) is 0 Å². The van der Waals surface area contributed by atoms with Gasteiger partial charge in [0.2, 0.25) is 0 Å². The Bertz CT molecular complexity index is 523. The molecule has 0 spiro atoms. The van der Waals surface area contributed by atoms with Gasteiger partial charge in [-0.25, -0.2) is 0 Å². The Kier molecular flexibility index (Phi) is 3.94. The molecule has 0 bridgehead atoms. The minimum Gasteiger partial charge on any atom is -0.396 e. The van der Waals surface area contributed by atoms with Crippen molar-refractivity contribution < 1.29 is 5.11 Å². The van der Waals surface area contributed by atoms with Crippen LogP contribution >= 0.6 is 0 Å². The zero-order valence-electron chi connectivity index (χ0n) is 11.0.